The van der Waals surface area contributed by atoms with Crippen LogP contribution in [0, 0.1) is 23.7 Å². The largest absolute Gasteiger partial charge is 0.508 e. The maximum Gasteiger partial charge on any atom is 0.411 e. The number of rotatable bonds is 2. The Labute approximate surface area is 118 Å². The van der Waals surface area contributed by atoms with E-state index in [1.54, 1.807) is 24.3 Å². The number of benzene rings is 1. The summed E-state index contributed by atoms with van der Waals surface area (Å²) >= 11 is 0. The minimum absolute atomic E-state index is 0.121. The Kier molecular flexibility index (Phi) is 2.65. The van der Waals surface area contributed by atoms with Crippen LogP contribution in [-0.2, 0) is 4.74 Å². The maximum absolute atomic E-state index is 12.0. The normalized spacial score (nSPS) is 37.1. The van der Waals surface area contributed by atoms with Gasteiger partial charge in [0.05, 0.1) is 0 Å². The molecule has 4 bridgehead atoms. The molecule has 0 aromatic heterocycles. The van der Waals surface area contributed by atoms with E-state index in [-0.39, 0.29) is 17.9 Å². The summed E-state index contributed by atoms with van der Waals surface area (Å²) in [5, 5.41) is 12.0. The third-order valence-electron chi connectivity index (χ3n) is 5.33. The minimum Gasteiger partial charge on any atom is -0.508 e. The Hall–Kier alpha value is -1.71. The summed E-state index contributed by atoms with van der Waals surface area (Å²) in [4.78, 5) is 12.0. The topological polar surface area (TPSA) is 58.6 Å². The molecule has 5 atom stereocenters. The first-order valence-corrected chi connectivity index (χ1v) is 7.45. The van der Waals surface area contributed by atoms with Crippen LogP contribution in [0.2, 0.25) is 0 Å². The van der Waals surface area contributed by atoms with E-state index in [2.05, 4.69) is 5.32 Å². The van der Waals surface area contributed by atoms with Crippen molar-refractivity contribution in [3.63, 3.8) is 0 Å². The standard InChI is InChI=1S/C16H19NO3/c18-13-3-1-12(2-4-13)17-16(19)20-15-11-6-9-5-10(8-11)14(15)7-9/h1-4,9-11,14-15,18H,5-8H2,(H,17,19). The number of hydrogen-bond donors (Lipinski definition) is 2. The second-order valence-corrected chi connectivity index (χ2v) is 6.53. The first-order chi connectivity index (χ1) is 9.69. The fourth-order valence-corrected chi connectivity index (χ4v) is 4.67. The molecule has 4 aliphatic rings. The Morgan fingerprint density at radius 3 is 2.60 bits per heavy atom. The van der Waals surface area contributed by atoms with Crippen molar-refractivity contribution < 1.29 is 14.6 Å². The quantitative estimate of drug-likeness (QED) is 0.812. The van der Waals surface area contributed by atoms with Crippen LogP contribution in [0.15, 0.2) is 24.3 Å². The smallest absolute Gasteiger partial charge is 0.411 e. The van der Waals surface area contributed by atoms with Gasteiger partial charge in [0.25, 0.3) is 0 Å². The van der Waals surface area contributed by atoms with Crippen molar-refractivity contribution in [2.24, 2.45) is 23.7 Å². The average molecular weight is 273 g/mol. The summed E-state index contributed by atoms with van der Waals surface area (Å²) in [6.07, 6.45) is 4.84. The van der Waals surface area contributed by atoms with E-state index in [9.17, 15) is 9.90 Å². The van der Waals surface area contributed by atoms with E-state index in [1.807, 2.05) is 0 Å². The van der Waals surface area contributed by atoms with E-state index in [0.29, 0.717) is 17.5 Å². The molecule has 0 saturated heterocycles. The molecule has 4 fully saturated rings. The lowest BCUT2D eigenvalue weighted by atomic mass is 9.80. The Bertz CT molecular complexity index is 523. The summed E-state index contributed by atoms with van der Waals surface area (Å²) in [6, 6.07) is 6.44. The molecule has 1 aromatic carbocycles. The maximum atomic E-state index is 12.0. The first kappa shape index (κ1) is 12.1. The number of anilines is 1. The van der Waals surface area contributed by atoms with Crippen molar-refractivity contribution in [1.29, 1.82) is 0 Å². The van der Waals surface area contributed by atoms with Crippen molar-refractivity contribution in [3.05, 3.63) is 24.3 Å². The molecule has 1 aromatic rings. The molecule has 0 spiro atoms. The van der Waals surface area contributed by atoms with Crippen LogP contribution in [0.1, 0.15) is 25.7 Å². The second kappa shape index (κ2) is 4.40. The summed E-state index contributed by atoms with van der Waals surface area (Å²) in [5.74, 6) is 3.07. The Morgan fingerprint density at radius 1 is 1.10 bits per heavy atom. The van der Waals surface area contributed by atoms with Gasteiger partial charge in [-0.05, 0) is 73.6 Å². The van der Waals surface area contributed by atoms with Gasteiger partial charge in [-0.3, -0.25) is 5.32 Å². The molecular formula is C16H19NO3. The van der Waals surface area contributed by atoms with Gasteiger partial charge in [-0.1, -0.05) is 0 Å². The van der Waals surface area contributed by atoms with E-state index >= 15 is 0 Å². The predicted molar refractivity (Wildman–Crippen MR) is 74.4 cm³/mol. The number of carbonyl (C=O) groups is 1. The van der Waals surface area contributed by atoms with Crippen LogP contribution >= 0.6 is 0 Å². The van der Waals surface area contributed by atoms with Crippen LogP contribution in [-0.4, -0.2) is 17.3 Å². The molecule has 4 saturated carbocycles. The molecule has 5 unspecified atom stereocenters. The second-order valence-electron chi connectivity index (χ2n) is 6.53. The highest BCUT2D eigenvalue weighted by molar-refractivity contribution is 5.84. The van der Waals surface area contributed by atoms with Gasteiger partial charge in [-0.15, -0.1) is 0 Å². The van der Waals surface area contributed by atoms with Crippen molar-refractivity contribution in [3.8, 4) is 5.75 Å². The van der Waals surface area contributed by atoms with Gasteiger partial charge in [-0.25, -0.2) is 4.79 Å². The molecule has 5 rings (SSSR count). The lowest BCUT2D eigenvalue weighted by molar-refractivity contribution is 0.0329. The van der Waals surface area contributed by atoms with Crippen molar-refractivity contribution in [2.75, 3.05) is 5.32 Å². The highest BCUT2D eigenvalue weighted by atomic mass is 16.6. The lowest BCUT2D eigenvalue weighted by Gasteiger charge is -2.31. The highest BCUT2D eigenvalue weighted by Crippen LogP contribution is 2.59. The number of hydrogen-bond acceptors (Lipinski definition) is 3. The fourth-order valence-electron chi connectivity index (χ4n) is 4.67. The summed E-state index contributed by atoms with van der Waals surface area (Å²) in [6.45, 7) is 0. The van der Waals surface area contributed by atoms with Gasteiger partial charge < -0.3 is 9.84 Å². The predicted octanol–water partition coefficient (Wildman–Crippen LogP) is 3.38. The number of phenols is 1. The summed E-state index contributed by atoms with van der Waals surface area (Å²) in [5.41, 5.74) is 0.653. The van der Waals surface area contributed by atoms with Gasteiger partial charge in [0.15, 0.2) is 0 Å². The first-order valence-electron chi connectivity index (χ1n) is 7.45. The SMILES string of the molecule is O=C(Nc1ccc(O)cc1)OC1C2CC3CC(C2)C1C3. The third kappa shape index (κ3) is 1.94. The van der Waals surface area contributed by atoms with Crippen molar-refractivity contribution in [1.82, 2.24) is 0 Å². The molecule has 106 valence electrons. The average Bonchev–Trinajstić information content (AvgIpc) is 2.83. The zero-order valence-electron chi connectivity index (χ0n) is 11.3. The third-order valence-corrected chi connectivity index (χ3v) is 5.33. The summed E-state index contributed by atoms with van der Waals surface area (Å²) in [7, 11) is 0. The Morgan fingerprint density at radius 2 is 1.85 bits per heavy atom. The van der Waals surface area contributed by atoms with Crippen molar-refractivity contribution in [2.45, 2.75) is 31.8 Å². The monoisotopic (exact) mass is 273 g/mol. The van der Waals surface area contributed by atoms with Crippen LogP contribution in [0.5, 0.6) is 5.75 Å². The van der Waals surface area contributed by atoms with Crippen LogP contribution < -0.4 is 5.32 Å². The molecule has 0 heterocycles. The number of ether oxygens (including phenoxy) is 1. The van der Waals surface area contributed by atoms with E-state index in [1.165, 1.54) is 25.7 Å². The van der Waals surface area contributed by atoms with Gasteiger partial charge in [0.1, 0.15) is 11.9 Å². The number of nitrogens with one attached hydrogen (secondary N) is 1. The Balaban J connectivity index is 1.40. The zero-order chi connectivity index (χ0) is 13.7. The zero-order valence-corrected chi connectivity index (χ0v) is 11.3. The number of phenolic OH excluding ortho intramolecular Hbond substituents is 1. The molecule has 1 amide bonds. The number of amides is 1. The van der Waals surface area contributed by atoms with E-state index in [0.717, 1.165) is 11.8 Å². The molecule has 0 radical (unpaired) electrons. The molecule has 2 N–H and O–H groups in total. The molecule has 4 aliphatic carbocycles. The van der Waals surface area contributed by atoms with Crippen LogP contribution in [0.3, 0.4) is 0 Å². The van der Waals surface area contributed by atoms with Gasteiger partial charge in [0.2, 0.25) is 0 Å². The number of aromatic hydroxyl groups is 1. The lowest BCUT2D eigenvalue weighted by Crippen LogP contribution is -2.34. The molecule has 4 heteroatoms. The van der Waals surface area contributed by atoms with E-state index < -0.39 is 0 Å². The summed E-state index contributed by atoms with van der Waals surface area (Å²) < 4.78 is 5.70. The molecule has 4 nitrogen and oxygen atoms in total. The molecular weight excluding hydrogens is 254 g/mol. The van der Waals surface area contributed by atoms with Crippen molar-refractivity contribution >= 4 is 11.8 Å². The fraction of sp³-hybridized carbons (Fsp3) is 0.562. The van der Waals surface area contributed by atoms with Gasteiger partial charge >= 0.3 is 6.09 Å². The van der Waals surface area contributed by atoms with E-state index in [4.69, 9.17) is 4.74 Å². The molecule has 0 aliphatic heterocycles. The minimum atomic E-state index is -0.364. The van der Waals surface area contributed by atoms with Crippen LogP contribution in [0.25, 0.3) is 0 Å². The van der Waals surface area contributed by atoms with Gasteiger partial charge in [-0.2, -0.15) is 0 Å². The highest BCUT2D eigenvalue weighted by Gasteiger charge is 2.55. The number of carbonyl (C=O) groups excluding carboxylic acids is 1. The molecule has 20 heavy (non-hydrogen) atoms. The van der Waals surface area contributed by atoms with Gasteiger partial charge in [0, 0.05) is 5.69 Å². The van der Waals surface area contributed by atoms with Crippen LogP contribution in [0.4, 0.5) is 10.5 Å².